The molecule has 0 unspecified atom stereocenters. The van der Waals surface area contributed by atoms with Gasteiger partial charge in [0.05, 0.1) is 0 Å². The van der Waals surface area contributed by atoms with E-state index in [-0.39, 0.29) is 11.4 Å². The largest absolute Gasteiger partial charge is 0.503 e. The van der Waals surface area contributed by atoms with Crippen LogP contribution in [0.15, 0.2) is 34.7 Å². The maximum atomic E-state index is 12.6. The van der Waals surface area contributed by atoms with E-state index in [2.05, 4.69) is 21.6 Å². The number of thioether (sulfide) groups is 1. The van der Waals surface area contributed by atoms with Gasteiger partial charge in [-0.2, -0.15) is 0 Å². The third kappa shape index (κ3) is 3.44. The lowest BCUT2D eigenvalue weighted by Gasteiger charge is -2.49. The van der Waals surface area contributed by atoms with Gasteiger partial charge in [0.15, 0.2) is 12.0 Å². The van der Waals surface area contributed by atoms with E-state index < -0.39 is 40.5 Å². The molecular weight excluding hydrogens is 374 g/mol. The van der Waals surface area contributed by atoms with E-state index in [1.54, 1.807) is 20.8 Å². The van der Waals surface area contributed by atoms with Crippen LogP contribution < -0.4 is 5.32 Å². The fourth-order valence-electron chi connectivity index (χ4n) is 2.71. The molecule has 0 aliphatic carbocycles. The molecule has 1 saturated heterocycles. The minimum absolute atomic E-state index is 0.142. The monoisotopic (exact) mass is 393 g/mol. The molecule has 0 bridgehead atoms. The molecule has 2 atom stereocenters. The fourth-order valence-corrected chi connectivity index (χ4v) is 4.05. The lowest BCUT2D eigenvalue weighted by Crippen LogP contribution is -2.70. The number of aromatic hydroxyl groups is 1. The number of hydrogen-bond acceptors (Lipinski definition) is 8. The van der Waals surface area contributed by atoms with Gasteiger partial charge in [-0.25, -0.2) is 4.79 Å². The number of fused-ring (bicyclic) bond motifs is 1. The first-order valence-corrected chi connectivity index (χ1v) is 9.16. The highest BCUT2D eigenvalue weighted by molar-refractivity contribution is 8.00. The summed E-state index contributed by atoms with van der Waals surface area (Å²) in [6.45, 7) is 8.91. The molecule has 144 valence electrons. The number of carbonyl (C=O) groups is 3. The van der Waals surface area contributed by atoms with Crippen molar-refractivity contribution in [3.63, 3.8) is 0 Å². The minimum Gasteiger partial charge on any atom is -0.503 e. The number of hydrogen-bond donors (Lipinski definition) is 2. The molecule has 27 heavy (non-hydrogen) atoms. The first-order chi connectivity index (χ1) is 12.6. The van der Waals surface area contributed by atoms with Crippen molar-refractivity contribution in [1.29, 1.82) is 0 Å². The quantitative estimate of drug-likeness (QED) is 0.578. The molecule has 0 spiro atoms. The second-order valence-corrected chi connectivity index (χ2v) is 8.09. The van der Waals surface area contributed by atoms with Crippen molar-refractivity contribution < 1.29 is 28.8 Å². The summed E-state index contributed by atoms with van der Waals surface area (Å²) in [4.78, 5) is 38.7. The smallest absolute Gasteiger partial charge is 0.355 e. The second-order valence-electron chi connectivity index (χ2n) is 6.99. The Morgan fingerprint density at radius 1 is 1.52 bits per heavy atom. The predicted molar refractivity (Wildman–Crippen MR) is 95.6 cm³/mol. The van der Waals surface area contributed by atoms with Crippen LogP contribution in [0.5, 0.6) is 5.75 Å². The Bertz CT molecular complexity index is 853. The van der Waals surface area contributed by atoms with Gasteiger partial charge in [0.25, 0.3) is 11.8 Å². The van der Waals surface area contributed by atoms with Crippen molar-refractivity contribution in [1.82, 2.24) is 15.4 Å². The molecule has 1 aromatic heterocycles. The zero-order valence-corrected chi connectivity index (χ0v) is 15.8. The van der Waals surface area contributed by atoms with Crippen molar-refractivity contribution in [2.24, 2.45) is 0 Å². The maximum absolute atomic E-state index is 12.6. The van der Waals surface area contributed by atoms with E-state index in [0.29, 0.717) is 11.3 Å². The standard InChI is InChI=1S/C17H19N3O6S/c1-5-8-7-27-15-11(18-13(22)10-9(21)6-25-19-10)14(23)20(15)12(8)16(24)26-17(2,3)4/h5-6,11,15,21H,1,7H2,2-4H3,(H,18,22)/t11-,15-/m1/s1. The Morgan fingerprint density at radius 2 is 2.22 bits per heavy atom. The van der Waals surface area contributed by atoms with Crippen LogP contribution in [-0.4, -0.2) is 55.7 Å². The van der Waals surface area contributed by atoms with Crippen LogP contribution in [-0.2, 0) is 14.3 Å². The average Bonchev–Trinajstić information content (AvgIpc) is 3.02. The molecule has 2 N–H and O–H groups in total. The van der Waals surface area contributed by atoms with Crippen LogP contribution in [0.4, 0.5) is 0 Å². The van der Waals surface area contributed by atoms with Crippen LogP contribution in [0.25, 0.3) is 0 Å². The fraction of sp³-hybridized carbons (Fsp3) is 0.412. The molecule has 3 heterocycles. The number of amides is 2. The van der Waals surface area contributed by atoms with E-state index in [4.69, 9.17) is 4.74 Å². The summed E-state index contributed by atoms with van der Waals surface area (Å²) in [5.41, 5.74) is -0.291. The number of rotatable bonds is 4. The number of esters is 1. The van der Waals surface area contributed by atoms with Gasteiger partial charge in [-0.05, 0) is 26.3 Å². The lowest BCUT2D eigenvalue weighted by molar-refractivity contribution is -0.158. The predicted octanol–water partition coefficient (Wildman–Crippen LogP) is 1.18. The summed E-state index contributed by atoms with van der Waals surface area (Å²) in [5, 5.41) is 15.0. The molecular formula is C17H19N3O6S. The summed E-state index contributed by atoms with van der Waals surface area (Å²) in [6.07, 6.45) is 2.44. The second kappa shape index (κ2) is 6.76. The topological polar surface area (TPSA) is 122 Å². The van der Waals surface area contributed by atoms with Gasteiger partial charge in [-0.3, -0.25) is 14.5 Å². The van der Waals surface area contributed by atoms with Crippen LogP contribution in [0, 0.1) is 0 Å². The summed E-state index contributed by atoms with van der Waals surface area (Å²) in [7, 11) is 0. The van der Waals surface area contributed by atoms with E-state index in [9.17, 15) is 19.5 Å². The number of nitrogens with zero attached hydrogens (tertiary/aromatic N) is 2. The molecule has 3 rings (SSSR count). The van der Waals surface area contributed by atoms with Gasteiger partial charge >= 0.3 is 5.97 Å². The van der Waals surface area contributed by atoms with Gasteiger partial charge in [0.1, 0.15) is 22.7 Å². The van der Waals surface area contributed by atoms with Gasteiger partial charge in [0.2, 0.25) is 5.69 Å². The average molecular weight is 393 g/mol. The molecule has 2 aliphatic rings. The molecule has 0 aromatic carbocycles. The third-order valence-corrected chi connectivity index (χ3v) is 5.19. The van der Waals surface area contributed by atoms with Crippen molar-refractivity contribution in [3.05, 3.63) is 35.9 Å². The van der Waals surface area contributed by atoms with E-state index in [1.807, 2.05) is 0 Å². The van der Waals surface area contributed by atoms with Gasteiger partial charge in [-0.15, -0.1) is 11.8 Å². The number of ether oxygens (including phenoxy) is 1. The van der Waals surface area contributed by atoms with Gasteiger partial charge in [-0.1, -0.05) is 17.8 Å². The Morgan fingerprint density at radius 3 is 2.78 bits per heavy atom. The molecule has 2 aliphatic heterocycles. The van der Waals surface area contributed by atoms with E-state index >= 15 is 0 Å². The summed E-state index contributed by atoms with van der Waals surface area (Å²) >= 11 is 1.39. The highest BCUT2D eigenvalue weighted by Gasteiger charge is 2.54. The van der Waals surface area contributed by atoms with Crippen molar-refractivity contribution in [3.8, 4) is 5.75 Å². The van der Waals surface area contributed by atoms with E-state index in [0.717, 1.165) is 6.26 Å². The lowest BCUT2D eigenvalue weighted by atomic mass is 10.0. The Kier molecular flexibility index (Phi) is 4.77. The molecule has 1 aromatic rings. The number of aromatic nitrogens is 1. The normalized spacial score (nSPS) is 22.0. The summed E-state index contributed by atoms with van der Waals surface area (Å²) in [5.74, 6) is -1.79. The first kappa shape index (κ1) is 19.0. The Labute approximate surface area is 159 Å². The highest BCUT2D eigenvalue weighted by atomic mass is 32.2. The van der Waals surface area contributed by atoms with Crippen LogP contribution in [0.2, 0.25) is 0 Å². The van der Waals surface area contributed by atoms with Crippen molar-refractivity contribution >= 4 is 29.5 Å². The SMILES string of the molecule is C=CC1=C(C(=O)OC(C)(C)C)N2C(=O)[C@@H](NC(=O)c3nocc3O)[C@H]2SC1. The third-order valence-electron chi connectivity index (χ3n) is 3.89. The zero-order valence-electron chi connectivity index (χ0n) is 15.0. The van der Waals surface area contributed by atoms with Gasteiger partial charge in [0, 0.05) is 5.75 Å². The van der Waals surface area contributed by atoms with Crippen LogP contribution >= 0.6 is 11.8 Å². The highest BCUT2D eigenvalue weighted by Crippen LogP contribution is 2.41. The number of carbonyl (C=O) groups excluding carboxylic acids is 3. The number of nitrogens with one attached hydrogen (secondary N) is 1. The number of β-lactam (4-membered cyclic amide) rings is 1. The summed E-state index contributed by atoms with van der Waals surface area (Å²) < 4.78 is 9.93. The maximum Gasteiger partial charge on any atom is 0.355 e. The van der Waals surface area contributed by atoms with Crippen LogP contribution in [0.1, 0.15) is 31.3 Å². The molecule has 1 fully saturated rings. The van der Waals surface area contributed by atoms with Crippen molar-refractivity contribution in [2.75, 3.05) is 5.75 Å². The van der Waals surface area contributed by atoms with Crippen molar-refractivity contribution in [2.45, 2.75) is 37.8 Å². The van der Waals surface area contributed by atoms with Crippen LogP contribution in [0.3, 0.4) is 0 Å². The minimum atomic E-state index is -0.859. The zero-order chi connectivity index (χ0) is 19.9. The molecule has 10 heteroatoms. The summed E-state index contributed by atoms with van der Waals surface area (Å²) in [6, 6.07) is -0.859. The Hall–Kier alpha value is -2.75. The molecule has 0 radical (unpaired) electrons. The number of allylic oxidation sites excluding steroid dienone is 1. The molecule has 0 saturated carbocycles. The Balaban J connectivity index is 1.80. The van der Waals surface area contributed by atoms with Gasteiger partial charge < -0.3 is 19.7 Å². The molecule has 2 amide bonds. The van der Waals surface area contributed by atoms with E-state index in [1.165, 1.54) is 22.7 Å². The molecule has 9 nitrogen and oxygen atoms in total. The first-order valence-electron chi connectivity index (χ1n) is 8.12.